The van der Waals surface area contributed by atoms with Crippen molar-refractivity contribution in [2.75, 3.05) is 10.6 Å². The maximum Gasteiger partial charge on any atom is 0.265 e. The number of benzene rings is 3. The van der Waals surface area contributed by atoms with E-state index in [0.29, 0.717) is 34.2 Å². The van der Waals surface area contributed by atoms with Crippen LogP contribution in [0.3, 0.4) is 0 Å². The second-order valence-electron chi connectivity index (χ2n) is 6.30. The average Bonchev–Trinajstić information content (AvgIpc) is 2.71. The van der Waals surface area contributed by atoms with Crippen LogP contribution >= 0.6 is 0 Å². The van der Waals surface area contributed by atoms with Gasteiger partial charge in [-0.05, 0) is 43.3 Å². The molecule has 6 nitrogen and oxygen atoms in total. The summed E-state index contributed by atoms with van der Waals surface area (Å²) in [5.74, 6) is 0.945. The zero-order valence-corrected chi connectivity index (χ0v) is 15.1. The van der Waals surface area contributed by atoms with Gasteiger partial charge in [0.05, 0.1) is 16.9 Å². The van der Waals surface area contributed by atoms with Crippen molar-refractivity contribution < 1.29 is 19.1 Å². The molecule has 1 unspecified atom stereocenters. The van der Waals surface area contributed by atoms with Gasteiger partial charge in [-0.2, -0.15) is 0 Å². The number of amides is 2. The predicted octanol–water partition coefficient (Wildman–Crippen LogP) is 4.45. The van der Waals surface area contributed by atoms with E-state index in [2.05, 4.69) is 10.6 Å². The van der Waals surface area contributed by atoms with Crippen LogP contribution in [0.2, 0.25) is 0 Å². The summed E-state index contributed by atoms with van der Waals surface area (Å²) in [4.78, 5) is 24.7. The number of nitrogens with one attached hydrogen (secondary N) is 2. The largest absolute Gasteiger partial charge is 0.478 e. The maximum absolute atomic E-state index is 12.9. The van der Waals surface area contributed by atoms with Crippen molar-refractivity contribution in [3.05, 3.63) is 78.4 Å². The topological polar surface area (TPSA) is 76.7 Å². The molecule has 3 aromatic rings. The zero-order chi connectivity index (χ0) is 19.5. The fourth-order valence-electron chi connectivity index (χ4n) is 2.87. The van der Waals surface area contributed by atoms with Crippen LogP contribution in [0.25, 0.3) is 0 Å². The number of para-hydroxylation sites is 4. The van der Waals surface area contributed by atoms with Crippen LogP contribution in [-0.2, 0) is 4.79 Å². The van der Waals surface area contributed by atoms with Gasteiger partial charge in [-0.15, -0.1) is 0 Å². The Kier molecular flexibility index (Phi) is 4.68. The lowest BCUT2D eigenvalue weighted by Gasteiger charge is -2.25. The van der Waals surface area contributed by atoms with Gasteiger partial charge in [-0.3, -0.25) is 9.59 Å². The summed E-state index contributed by atoms with van der Waals surface area (Å²) in [6.45, 7) is 1.63. The Labute approximate surface area is 162 Å². The third-order valence-corrected chi connectivity index (χ3v) is 4.29. The second-order valence-corrected chi connectivity index (χ2v) is 6.30. The van der Waals surface area contributed by atoms with Crippen LogP contribution < -0.4 is 20.1 Å². The molecule has 1 atom stereocenters. The fourth-order valence-corrected chi connectivity index (χ4v) is 2.87. The van der Waals surface area contributed by atoms with Crippen LogP contribution in [0.5, 0.6) is 17.2 Å². The molecule has 3 aromatic carbocycles. The van der Waals surface area contributed by atoms with Crippen molar-refractivity contribution >= 4 is 23.2 Å². The molecule has 0 fully saturated rings. The molecular weight excluding hydrogens is 356 g/mol. The number of anilines is 2. The van der Waals surface area contributed by atoms with E-state index in [1.165, 1.54) is 0 Å². The number of carbonyl (C=O) groups excluding carboxylic acids is 2. The fraction of sp³-hybridized carbons (Fsp3) is 0.0909. The van der Waals surface area contributed by atoms with E-state index < -0.39 is 6.10 Å². The number of carbonyl (C=O) groups is 2. The summed E-state index contributed by atoms with van der Waals surface area (Å²) in [5.41, 5.74) is 1.34. The minimum atomic E-state index is -0.671. The number of ether oxygens (including phenoxy) is 2. The molecule has 140 valence electrons. The van der Waals surface area contributed by atoms with Gasteiger partial charge < -0.3 is 20.1 Å². The Hall–Kier alpha value is -3.80. The molecule has 1 heterocycles. The summed E-state index contributed by atoms with van der Waals surface area (Å²) in [6, 6.07) is 21.6. The summed E-state index contributed by atoms with van der Waals surface area (Å²) in [7, 11) is 0. The molecule has 1 aliphatic rings. The van der Waals surface area contributed by atoms with E-state index in [1.807, 2.05) is 42.5 Å². The van der Waals surface area contributed by atoms with Crippen LogP contribution in [0.4, 0.5) is 11.4 Å². The second kappa shape index (κ2) is 7.44. The van der Waals surface area contributed by atoms with Crippen molar-refractivity contribution in [2.45, 2.75) is 13.0 Å². The summed E-state index contributed by atoms with van der Waals surface area (Å²) in [5, 5.41) is 5.61. The van der Waals surface area contributed by atoms with Crippen LogP contribution in [0, 0.1) is 0 Å². The van der Waals surface area contributed by atoms with Gasteiger partial charge in [-0.1, -0.05) is 36.4 Å². The van der Waals surface area contributed by atoms with E-state index in [9.17, 15) is 9.59 Å². The Balaban J connectivity index is 1.60. The average molecular weight is 374 g/mol. The number of hydrogen-bond acceptors (Lipinski definition) is 4. The van der Waals surface area contributed by atoms with Crippen LogP contribution in [0.15, 0.2) is 72.8 Å². The molecule has 4 rings (SSSR count). The van der Waals surface area contributed by atoms with Gasteiger partial charge in [0.25, 0.3) is 11.8 Å². The van der Waals surface area contributed by atoms with E-state index in [1.54, 1.807) is 37.3 Å². The highest BCUT2D eigenvalue weighted by Crippen LogP contribution is 2.35. The molecule has 0 saturated carbocycles. The summed E-state index contributed by atoms with van der Waals surface area (Å²) < 4.78 is 11.5. The molecule has 6 heteroatoms. The molecule has 0 spiro atoms. The molecule has 0 aromatic heterocycles. The van der Waals surface area contributed by atoms with Gasteiger partial charge in [-0.25, -0.2) is 0 Å². The normalized spacial score (nSPS) is 15.0. The minimum Gasteiger partial charge on any atom is -0.478 e. The minimum absolute atomic E-state index is 0.244. The Bertz CT molecular complexity index is 1030. The van der Waals surface area contributed by atoms with Gasteiger partial charge in [0.2, 0.25) is 0 Å². The third kappa shape index (κ3) is 3.53. The quantitative estimate of drug-likeness (QED) is 0.707. The highest BCUT2D eigenvalue weighted by Gasteiger charge is 2.27. The van der Waals surface area contributed by atoms with Gasteiger partial charge in [0.1, 0.15) is 5.75 Å². The first-order valence-electron chi connectivity index (χ1n) is 8.85. The van der Waals surface area contributed by atoms with E-state index >= 15 is 0 Å². The summed E-state index contributed by atoms with van der Waals surface area (Å²) in [6.07, 6.45) is -0.671. The molecule has 28 heavy (non-hydrogen) atoms. The summed E-state index contributed by atoms with van der Waals surface area (Å²) >= 11 is 0. The van der Waals surface area contributed by atoms with Crippen LogP contribution in [0.1, 0.15) is 17.3 Å². The van der Waals surface area contributed by atoms with Gasteiger partial charge >= 0.3 is 0 Å². The van der Waals surface area contributed by atoms with Crippen molar-refractivity contribution in [1.82, 2.24) is 0 Å². The SMILES string of the molecule is CC1Oc2c(cccc2C(=O)Nc2ccccc2Oc2ccccc2)NC1=O. The lowest BCUT2D eigenvalue weighted by atomic mass is 10.1. The molecule has 2 amide bonds. The van der Waals surface area contributed by atoms with Crippen molar-refractivity contribution in [2.24, 2.45) is 0 Å². The highest BCUT2D eigenvalue weighted by molar-refractivity contribution is 6.09. The highest BCUT2D eigenvalue weighted by atomic mass is 16.5. The van der Waals surface area contributed by atoms with E-state index in [0.717, 1.165) is 0 Å². The monoisotopic (exact) mass is 374 g/mol. The maximum atomic E-state index is 12.9. The Morgan fingerprint density at radius 3 is 2.57 bits per heavy atom. The first-order valence-corrected chi connectivity index (χ1v) is 8.85. The Morgan fingerprint density at radius 2 is 1.75 bits per heavy atom. The van der Waals surface area contributed by atoms with Crippen molar-refractivity contribution in [3.8, 4) is 17.2 Å². The molecule has 1 aliphatic heterocycles. The first kappa shape index (κ1) is 17.6. The van der Waals surface area contributed by atoms with Crippen molar-refractivity contribution in [3.63, 3.8) is 0 Å². The lowest BCUT2D eigenvalue weighted by molar-refractivity contribution is -0.122. The van der Waals surface area contributed by atoms with Crippen molar-refractivity contribution in [1.29, 1.82) is 0 Å². The van der Waals surface area contributed by atoms with E-state index in [-0.39, 0.29) is 11.8 Å². The van der Waals surface area contributed by atoms with Gasteiger partial charge in [0, 0.05) is 0 Å². The Morgan fingerprint density at radius 1 is 1.00 bits per heavy atom. The van der Waals surface area contributed by atoms with Gasteiger partial charge in [0.15, 0.2) is 17.6 Å². The molecule has 0 saturated heterocycles. The molecule has 0 radical (unpaired) electrons. The third-order valence-electron chi connectivity index (χ3n) is 4.29. The smallest absolute Gasteiger partial charge is 0.265 e. The number of rotatable bonds is 4. The van der Waals surface area contributed by atoms with Crippen LogP contribution in [-0.4, -0.2) is 17.9 Å². The predicted molar refractivity (Wildman–Crippen MR) is 106 cm³/mol. The van der Waals surface area contributed by atoms with E-state index in [4.69, 9.17) is 9.47 Å². The first-order chi connectivity index (χ1) is 13.6. The standard InChI is InChI=1S/C22H18N2O4/c1-14-21(25)24-18-12-7-10-16(20(18)27-14)22(26)23-17-11-5-6-13-19(17)28-15-8-3-2-4-9-15/h2-14H,1H3,(H,23,26)(H,24,25). The zero-order valence-electron chi connectivity index (χ0n) is 15.1. The molecule has 2 N–H and O–H groups in total. The molecule has 0 aliphatic carbocycles. The lowest BCUT2D eigenvalue weighted by Crippen LogP contribution is -2.35. The number of hydrogen-bond donors (Lipinski definition) is 2. The number of fused-ring (bicyclic) bond motifs is 1. The molecule has 0 bridgehead atoms. The molecular formula is C22H18N2O4.